The average molecular weight is 271 g/mol. The van der Waals surface area contributed by atoms with Gasteiger partial charge in [-0.3, -0.25) is 4.89 Å². The molecule has 2 aromatic carbocycles. The first-order chi connectivity index (χ1) is 9.84. The lowest BCUT2D eigenvalue weighted by atomic mass is 10.1. The molecule has 0 spiro atoms. The average Bonchev–Trinajstić information content (AvgIpc) is 3.02. The molecule has 1 atom stereocenters. The summed E-state index contributed by atoms with van der Waals surface area (Å²) in [4.78, 5) is 21.7. The van der Waals surface area contributed by atoms with Gasteiger partial charge in [0.15, 0.2) is 0 Å². The fourth-order valence-electron chi connectivity index (χ4n) is 2.51. The number of rotatable bonds is 4. The normalized spacial score (nSPS) is 18.3. The van der Waals surface area contributed by atoms with E-state index in [9.17, 15) is 4.79 Å². The van der Waals surface area contributed by atoms with Crippen LogP contribution in [0.25, 0.3) is 10.8 Å². The van der Waals surface area contributed by atoms with E-state index in [0.29, 0.717) is 0 Å². The van der Waals surface area contributed by atoms with Gasteiger partial charge in [-0.05, 0) is 35.7 Å². The standard InChI is InChI=1S/C16H17NO3/c18-16(15-9-4-10-17-15)20-19-11-13-7-3-6-12-5-1-2-8-14(12)13/h1-3,5-8,15,17H,4,9-11H2/t15-/m1/s1. The molecule has 1 heterocycles. The highest BCUT2D eigenvalue weighted by Gasteiger charge is 2.24. The molecule has 20 heavy (non-hydrogen) atoms. The molecule has 3 rings (SSSR count). The minimum Gasteiger partial charge on any atom is -0.304 e. The van der Waals surface area contributed by atoms with Gasteiger partial charge in [0.2, 0.25) is 0 Å². The van der Waals surface area contributed by atoms with Crippen LogP contribution in [0.15, 0.2) is 42.5 Å². The lowest BCUT2D eigenvalue weighted by molar-refractivity contribution is -0.281. The second-order valence-electron chi connectivity index (χ2n) is 4.95. The molecule has 4 nitrogen and oxygen atoms in total. The molecule has 4 heteroatoms. The largest absolute Gasteiger partial charge is 0.359 e. The van der Waals surface area contributed by atoms with Gasteiger partial charge in [0.1, 0.15) is 12.6 Å². The van der Waals surface area contributed by atoms with Crippen molar-refractivity contribution in [2.24, 2.45) is 0 Å². The third-order valence-electron chi connectivity index (χ3n) is 3.58. The maximum Gasteiger partial charge on any atom is 0.359 e. The lowest BCUT2D eigenvalue weighted by Crippen LogP contribution is -2.32. The van der Waals surface area contributed by atoms with Gasteiger partial charge in [0.05, 0.1) is 0 Å². The van der Waals surface area contributed by atoms with E-state index < -0.39 is 0 Å². The third-order valence-corrected chi connectivity index (χ3v) is 3.58. The highest BCUT2D eigenvalue weighted by molar-refractivity contribution is 5.85. The Kier molecular flexibility index (Phi) is 3.95. The van der Waals surface area contributed by atoms with Gasteiger partial charge in [-0.2, -0.15) is 4.89 Å². The summed E-state index contributed by atoms with van der Waals surface area (Å²) in [6.07, 6.45) is 1.82. The van der Waals surface area contributed by atoms with Gasteiger partial charge in [-0.15, -0.1) is 0 Å². The molecule has 0 amide bonds. The summed E-state index contributed by atoms with van der Waals surface area (Å²) in [6, 6.07) is 13.8. The van der Waals surface area contributed by atoms with Crippen molar-refractivity contribution in [3.8, 4) is 0 Å². The van der Waals surface area contributed by atoms with Crippen LogP contribution in [0.4, 0.5) is 0 Å². The zero-order chi connectivity index (χ0) is 13.8. The number of hydrogen-bond acceptors (Lipinski definition) is 4. The molecule has 1 aliphatic rings. The Morgan fingerprint density at radius 1 is 1.20 bits per heavy atom. The number of hydrogen-bond donors (Lipinski definition) is 1. The molecule has 0 saturated carbocycles. The number of carbonyl (C=O) groups excluding carboxylic acids is 1. The topological polar surface area (TPSA) is 47.6 Å². The first-order valence-electron chi connectivity index (χ1n) is 6.88. The van der Waals surface area contributed by atoms with Crippen LogP contribution in [0.2, 0.25) is 0 Å². The van der Waals surface area contributed by atoms with E-state index in [1.165, 1.54) is 0 Å². The van der Waals surface area contributed by atoms with E-state index in [-0.39, 0.29) is 18.6 Å². The van der Waals surface area contributed by atoms with Crippen LogP contribution in [-0.4, -0.2) is 18.6 Å². The fraction of sp³-hybridized carbons (Fsp3) is 0.312. The Morgan fingerprint density at radius 3 is 2.90 bits per heavy atom. The summed E-state index contributed by atoms with van der Waals surface area (Å²) >= 11 is 0. The fourth-order valence-corrected chi connectivity index (χ4v) is 2.51. The van der Waals surface area contributed by atoms with Crippen molar-refractivity contribution < 1.29 is 14.6 Å². The SMILES string of the molecule is O=C(OOCc1cccc2ccccc12)[C@H]1CCCN1. The van der Waals surface area contributed by atoms with Crippen molar-refractivity contribution in [3.05, 3.63) is 48.0 Å². The number of carbonyl (C=O) groups is 1. The molecular formula is C16H17NO3. The van der Waals surface area contributed by atoms with Crippen LogP contribution < -0.4 is 5.32 Å². The van der Waals surface area contributed by atoms with Crippen LogP contribution >= 0.6 is 0 Å². The Morgan fingerprint density at radius 2 is 2.05 bits per heavy atom. The minimum atomic E-state index is -0.331. The van der Waals surface area contributed by atoms with E-state index >= 15 is 0 Å². The zero-order valence-corrected chi connectivity index (χ0v) is 11.2. The molecule has 2 aromatic rings. The second-order valence-corrected chi connectivity index (χ2v) is 4.95. The molecule has 1 fully saturated rings. The first-order valence-corrected chi connectivity index (χ1v) is 6.88. The van der Waals surface area contributed by atoms with E-state index in [1.807, 2.05) is 42.5 Å². The quantitative estimate of drug-likeness (QED) is 0.686. The predicted molar refractivity (Wildman–Crippen MR) is 75.9 cm³/mol. The Balaban J connectivity index is 1.61. The van der Waals surface area contributed by atoms with Crippen LogP contribution in [0.1, 0.15) is 18.4 Å². The lowest BCUT2D eigenvalue weighted by Gasteiger charge is -2.10. The van der Waals surface area contributed by atoms with Gasteiger partial charge in [0.25, 0.3) is 0 Å². The summed E-state index contributed by atoms with van der Waals surface area (Å²) < 4.78 is 0. The molecule has 1 aliphatic heterocycles. The van der Waals surface area contributed by atoms with E-state index in [1.54, 1.807) is 0 Å². The molecule has 0 unspecified atom stereocenters. The van der Waals surface area contributed by atoms with Crippen molar-refractivity contribution in [1.82, 2.24) is 5.32 Å². The smallest absolute Gasteiger partial charge is 0.304 e. The number of fused-ring (bicyclic) bond motifs is 1. The van der Waals surface area contributed by atoms with Crippen molar-refractivity contribution in [2.45, 2.75) is 25.5 Å². The van der Waals surface area contributed by atoms with Gasteiger partial charge in [0, 0.05) is 0 Å². The molecule has 0 aliphatic carbocycles. The Bertz CT molecular complexity index is 600. The third kappa shape index (κ3) is 2.81. The monoisotopic (exact) mass is 271 g/mol. The molecule has 0 bridgehead atoms. The van der Waals surface area contributed by atoms with E-state index in [2.05, 4.69) is 5.32 Å². The summed E-state index contributed by atoms with van der Waals surface area (Å²) in [5.41, 5.74) is 1.01. The minimum absolute atomic E-state index is 0.220. The zero-order valence-electron chi connectivity index (χ0n) is 11.2. The van der Waals surface area contributed by atoms with Gasteiger partial charge in [-0.1, -0.05) is 42.5 Å². The van der Waals surface area contributed by atoms with Crippen molar-refractivity contribution in [2.75, 3.05) is 6.54 Å². The molecular weight excluding hydrogens is 254 g/mol. The van der Waals surface area contributed by atoms with Crippen LogP contribution in [0.5, 0.6) is 0 Å². The van der Waals surface area contributed by atoms with E-state index in [0.717, 1.165) is 35.7 Å². The number of benzene rings is 2. The molecule has 1 N–H and O–H groups in total. The highest BCUT2D eigenvalue weighted by atomic mass is 17.2. The maximum absolute atomic E-state index is 11.7. The molecule has 104 valence electrons. The maximum atomic E-state index is 11.7. The Hall–Kier alpha value is -1.91. The van der Waals surface area contributed by atoms with Crippen LogP contribution in [0.3, 0.4) is 0 Å². The Labute approximate surface area is 117 Å². The highest BCUT2D eigenvalue weighted by Crippen LogP contribution is 2.19. The van der Waals surface area contributed by atoms with Crippen molar-refractivity contribution >= 4 is 16.7 Å². The van der Waals surface area contributed by atoms with Gasteiger partial charge < -0.3 is 5.32 Å². The van der Waals surface area contributed by atoms with Gasteiger partial charge in [-0.25, -0.2) is 4.79 Å². The predicted octanol–water partition coefficient (Wildman–Crippen LogP) is 2.57. The van der Waals surface area contributed by atoms with Crippen LogP contribution in [-0.2, 0) is 21.2 Å². The second kappa shape index (κ2) is 6.03. The van der Waals surface area contributed by atoms with E-state index in [4.69, 9.17) is 9.78 Å². The molecule has 0 radical (unpaired) electrons. The summed E-state index contributed by atoms with van der Waals surface area (Å²) in [5.74, 6) is -0.331. The summed E-state index contributed by atoms with van der Waals surface area (Å²) in [7, 11) is 0. The van der Waals surface area contributed by atoms with Crippen LogP contribution in [0, 0.1) is 0 Å². The first kappa shape index (κ1) is 13.1. The molecule has 1 saturated heterocycles. The summed E-state index contributed by atoms with van der Waals surface area (Å²) in [6.45, 7) is 1.13. The van der Waals surface area contributed by atoms with Crippen molar-refractivity contribution in [3.63, 3.8) is 0 Å². The van der Waals surface area contributed by atoms with Crippen molar-refractivity contribution in [1.29, 1.82) is 0 Å². The summed E-state index contributed by atoms with van der Waals surface area (Å²) in [5, 5.41) is 5.35. The van der Waals surface area contributed by atoms with Gasteiger partial charge >= 0.3 is 5.97 Å². The molecule has 0 aromatic heterocycles. The number of nitrogens with one attached hydrogen (secondary N) is 1.